The fourth-order valence-electron chi connectivity index (χ4n) is 2.52. The predicted octanol–water partition coefficient (Wildman–Crippen LogP) is 2.09. The molecule has 0 atom stereocenters. The summed E-state index contributed by atoms with van der Waals surface area (Å²) >= 11 is 0. The van der Waals surface area contributed by atoms with E-state index in [0.717, 1.165) is 36.3 Å². The van der Waals surface area contributed by atoms with Gasteiger partial charge in [-0.25, -0.2) is 9.67 Å². The molecule has 0 bridgehead atoms. The molecule has 0 fully saturated rings. The third kappa shape index (κ3) is 5.16. The lowest BCUT2D eigenvalue weighted by atomic mass is 9.98. The van der Waals surface area contributed by atoms with Crippen LogP contribution in [0.15, 0.2) is 24.3 Å². The van der Waals surface area contributed by atoms with Gasteiger partial charge in [0.15, 0.2) is 11.6 Å². The molecule has 0 aliphatic carbocycles. The Balaban J connectivity index is 2.29. The van der Waals surface area contributed by atoms with Crippen molar-refractivity contribution in [2.45, 2.75) is 58.6 Å². The molecule has 24 heavy (non-hydrogen) atoms. The van der Waals surface area contributed by atoms with Crippen molar-refractivity contribution in [1.82, 2.24) is 14.8 Å². The molecule has 6 nitrogen and oxygen atoms in total. The summed E-state index contributed by atoms with van der Waals surface area (Å²) in [5.41, 5.74) is 6.66. The quantitative estimate of drug-likeness (QED) is 0.775. The third-order valence-electron chi connectivity index (χ3n) is 3.69. The van der Waals surface area contributed by atoms with Gasteiger partial charge in [-0.1, -0.05) is 25.1 Å². The molecule has 1 aromatic heterocycles. The summed E-state index contributed by atoms with van der Waals surface area (Å²) in [4.78, 5) is 15.6. The van der Waals surface area contributed by atoms with E-state index in [-0.39, 0.29) is 6.42 Å². The fourth-order valence-corrected chi connectivity index (χ4v) is 2.52. The van der Waals surface area contributed by atoms with Crippen molar-refractivity contribution < 1.29 is 9.90 Å². The third-order valence-corrected chi connectivity index (χ3v) is 3.69. The van der Waals surface area contributed by atoms with Crippen molar-refractivity contribution in [3.05, 3.63) is 35.7 Å². The van der Waals surface area contributed by atoms with Crippen LogP contribution in [-0.4, -0.2) is 31.4 Å². The highest BCUT2D eigenvalue weighted by Gasteiger charge is 2.15. The van der Waals surface area contributed by atoms with Crippen molar-refractivity contribution in [3.8, 4) is 11.4 Å². The molecule has 1 heterocycles. The number of hydrogen-bond acceptors (Lipinski definition) is 4. The zero-order valence-corrected chi connectivity index (χ0v) is 14.6. The molecule has 0 aliphatic heterocycles. The second-order valence-electron chi connectivity index (χ2n) is 6.73. The Bertz CT molecular complexity index is 701. The largest absolute Gasteiger partial charge is 0.390 e. The SMILES string of the molecule is CCCn1nc(CC(N)=O)nc1-c1cccc(CCC(C)(C)O)c1. The van der Waals surface area contributed by atoms with Gasteiger partial charge < -0.3 is 10.8 Å². The van der Waals surface area contributed by atoms with E-state index in [0.29, 0.717) is 12.2 Å². The minimum Gasteiger partial charge on any atom is -0.390 e. The average molecular weight is 330 g/mol. The lowest BCUT2D eigenvalue weighted by molar-refractivity contribution is -0.117. The Morgan fingerprint density at radius 1 is 1.38 bits per heavy atom. The first-order valence-electron chi connectivity index (χ1n) is 8.32. The molecule has 2 rings (SSSR count). The summed E-state index contributed by atoms with van der Waals surface area (Å²) in [5.74, 6) is 0.764. The molecule has 130 valence electrons. The van der Waals surface area contributed by atoms with Crippen LogP contribution in [-0.2, 0) is 24.2 Å². The highest BCUT2D eigenvalue weighted by Crippen LogP contribution is 2.21. The van der Waals surface area contributed by atoms with Gasteiger partial charge in [0.25, 0.3) is 0 Å². The number of nitrogens with two attached hydrogens (primary N) is 1. The predicted molar refractivity (Wildman–Crippen MR) is 93.3 cm³/mol. The van der Waals surface area contributed by atoms with Crippen LogP contribution in [0.1, 0.15) is 45.0 Å². The van der Waals surface area contributed by atoms with E-state index < -0.39 is 11.5 Å². The smallest absolute Gasteiger partial charge is 0.225 e. The van der Waals surface area contributed by atoms with E-state index in [9.17, 15) is 9.90 Å². The van der Waals surface area contributed by atoms with Crippen molar-refractivity contribution in [1.29, 1.82) is 0 Å². The number of aliphatic hydroxyl groups is 1. The average Bonchev–Trinajstić information content (AvgIpc) is 2.87. The van der Waals surface area contributed by atoms with Gasteiger partial charge in [0.05, 0.1) is 12.0 Å². The van der Waals surface area contributed by atoms with Gasteiger partial charge in [0, 0.05) is 12.1 Å². The first kappa shape index (κ1) is 18.1. The maximum absolute atomic E-state index is 11.1. The second kappa shape index (κ2) is 7.57. The standard InChI is InChI=1S/C18H26N4O2/c1-4-10-22-17(20-16(21-22)12-15(19)23)14-7-5-6-13(11-14)8-9-18(2,3)24/h5-7,11,24H,4,8-10,12H2,1-3H3,(H2,19,23). The van der Waals surface area contributed by atoms with E-state index >= 15 is 0 Å². The summed E-state index contributed by atoms with van der Waals surface area (Å²) in [6.45, 7) is 6.42. The Labute approximate surface area is 142 Å². The van der Waals surface area contributed by atoms with E-state index in [2.05, 4.69) is 23.1 Å². The molecule has 1 amide bonds. The zero-order chi connectivity index (χ0) is 17.7. The molecule has 0 saturated heterocycles. The first-order valence-corrected chi connectivity index (χ1v) is 8.32. The minimum absolute atomic E-state index is 0.0438. The van der Waals surface area contributed by atoms with Gasteiger partial charge in [-0.2, -0.15) is 5.10 Å². The van der Waals surface area contributed by atoms with E-state index in [1.807, 2.05) is 36.7 Å². The summed E-state index contributed by atoms with van der Waals surface area (Å²) in [7, 11) is 0. The molecule has 6 heteroatoms. The number of benzene rings is 1. The van der Waals surface area contributed by atoms with Crippen LogP contribution in [0.3, 0.4) is 0 Å². The number of aryl methyl sites for hydroxylation is 2. The molecule has 0 aliphatic rings. The summed E-state index contributed by atoms with van der Waals surface area (Å²) < 4.78 is 1.83. The van der Waals surface area contributed by atoms with E-state index in [4.69, 9.17) is 5.73 Å². The molecule has 0 unspecified atom stereocenters. The molecule has 0 spiro atoms. The van der Waals surface area contributed by atoms with Crippen molar-refractivity contribution >= 4 is 5.91 Å². The topological polar surface area (TPSA) is 94.0 Å². The van der Waals surface area contributed by atoms with Crippen molar-refractivity contribution in [2.24, 2.45) is 5.73 Å². The van der Waals surface area contributed by atoms with Crippen LogP contribution in [0.2, 0.25) is 0 Å². The minimum atomic E-state index is -0.688. The van der Waals surface area contributed by atoms with E-state index in [1.165, 1.54) is 0 Å². The number of carbonyl (C=O) groups excluding carboxylic acids is 1. The Morgan fingerprint density at radius 3 is 2.75 bits per heavy atom. The Hall–Kier alpha value is -2.21. The molecule has 2 aromatic rings. The van der Waals surface area contributed by atoms with Crippen LogP contribution in [0, 0.1) is 0 Å². The second-order valence-corrected chi connectivity index (χ2v) is 6.73. The Morgan fingerprint density at radius 2 is 2.12 bits per heavy atom. The molecule has 1 aromatic carbocycles. The monoisotopic (exact) mass is 330 g/mol. The van der Waals surface area contributed by atoms with Crippen molar-refractivity contribution in [2.75, 3.05) is 0 Å². The summed E-state index contributed by atoms with van der Waals surface area (Å²) in [6.07, 6.45) is 2.44. The normalized spacial score (nSPS) is 11.7. The van der Waals surface area contributed by atoms with Gasteiger partial charge in [0.1, 0.15) is 0 Å². The number of hydrogen-bond donors (Lipinski definition) is 2. The number of rotatable bonds is 8. The number of amides is 1. The van der Waals surface area contributed by atoms with Crippen LogP contribution in [0.5, 0.6) is 0 Å². The van der Waals surface area contributed by atoms with Crippen LogP contribution >= 0.6 is 0 Å². The number of nitrogens with zero attached hydrogens (tertiary/aromatic N) is 3. The van der Waals surface area contributed by atoms with E-state index in [1.54, 1.807) is 0 Å². The fraction of sp³-hybridized carbons (Fsp3) is 0.500. The maximum atomic E-state index is 11.1. The zero-order valence-electron chi connectivity index (χ0n) is 14.6. The number of carbonyl (C=O) groups is 1. The molecule has 0 saturated carbocycles. The molecule has 0 radical (unpaired) electrons. The van der Waals surface area contributed by atoms with Gasteiger partial charge in [-0.05, 0) is 44.7 Å². The van der Waals surface area contributed by atoms with Gasteiger partial charge in [-0.15, -0.1) is 0 Å². The van der Waals surface area contributed by atoms with Gasteiger partial charge in [-0.3, -0.25) is 4.79 Å². The highest BCUT2D eigenvalue weighted by molar-refractivity contribution is 5.75. The number of aromatic nitrogens is 3. The molecular formula is C18H26N4O2. The first-order chi connectivity index (χ1) is 11.3. The summed E-state index contributed by atoms with van der Waals surface area (Å²) in [5, 5.41) is 14.3. The molecule has 3 N–H and O–H groups in total. The van der Waals surface area contributed by atoms with Crippen LogP contribution in [0.4, 0.5) is 0 Å². The van der Waals surface area contributed by atoms with Crippen molar-refractivity contribution in [3.63, 3.8) is 0 Å². The highest BCUT2D eigenvalue weighted by atomic mass is 16.3. The van der Waals surface area contributed by atoms with Gasteiger partial charge in [0.2, 0.25) is 5.91 Å². The maximum Gasteiger partial charge on any atom is 0.225 e. The molecular weight excluding hydrogens is 304 g/mol. The van der Waals surface area contributed by atoms with Crippen LogP contribution < -0.4 is 5.73 Å². The van der Waals surface area contributed by atoms with Gasteiger partial charge >= 0.3 is 0 Å². The summed E-state index contributed by atoms with van der Waals surface area (Å²) in [6, 6.07) is 8.07. The number of primary amides is 1. The lowest BCUT2D eigenvalue weighted by Gasteiger charge is -2.16. The Kier molecular flexibility index (Phi) is 5.72. The van der Waals surface area contributed by atoms with Crippen LogP contribution in [0.25, 0.3) is 11.4 Å². The lowest BCUT2D eigenvalue weighted by Crippen LogP contribution is -2.19.